The number of carbonyl (C=O) groups is 2. The van der Waals surface area contributed by atoms with Crippen molar-refractivity contribution in [3.05, 3.63) is 101 Å². The Morgan fingerprint density at radius 1 is 1.00 bits per heavy atom. The van der Waals surface area contributed by atoms with Crippen LogP contribution < -0.4 is 5.32 Å². The molecule has 5 rings (SSSR count). The van der Waals surface area contributed by atoms with Gasteiger partial charge in [-0.1, -0.05) is 48.5 Å². The molecule has 6 nitrogen and oxygen atoms in total. The number of aromatic nitrogens is 2. The van der Waals surface area contributed by atoms with Crippen LogP contribution in [0.5, 0.6) is 0 Å². The van der Waals surface area contributed by atoms with E-state index in [1.807, 2.05) is 54.6 Å². The molecular weight excluding hydrogens is 469 g/mol. The maximum atomic E-state index is 13.5. The van der Waals surface area contributed by atoms with Gasteiger partial charge in [0.05, 0.1) is 23.0 Å². The second kappa shape index (κ2) is 8.82. The maximum Gasteiger partial charge on any atom is 0.416 e. The third-order valence-electron chi connectivity index (χ3n) is 5.97. The number of halogens is 3. The number of rotatable bonds is 5. The highest BCUT2D eigenvalue weighted by molar-refractivity contribution is 6.16. The molecule has 36 heavy (non-hydrogen) atoms. The van der Waals surface area contributed by atoms with Crippen LogP contribution in [0.3, 0.4) is 0 Å². The standard InChI is InChI=1S/C27H17F3N4O2/c28-27(29,30)17-8-6-9-18(14-17)32-26(36)22(15-31)25(35)23-21-13-16-7-4-5-12-20(16)24(21)34(33-23)19-10-2-1-3-11-19/h1-12,14,22H,13H2,(H,32,36). The first-order chi connectivity index (χ1) is 17.3. The summed E-state index contributed by atoms with van der Waals surface area (Å²) in [5, 5.41) is 16.4. The zero-order chi connectivity index (χ0) is 25.4. The summed E-state index contributed by atoms with van der Waals surface area (Å²) in [5.74, 6) is -3.65. The lowest BCUT2D eigenvalue weighted by molar-refractivity contribution is -0.137. The fourth-order valence-corrected chi connectivity index (χ4v) is 4.31. The summed E-state index contributed by atoms with van der Waals surface area (Å²) in [5.41, 5.74) is 2.72. The first-order valence-electron chi connectivity index (χ1n) is 11.0. The molecule has 1 heterocycles. The number of nitriles is 1. The van der Waals surface area contributed by atoms with Gasteiger partial charge in [0.25, 0.3) is 0 Å². The zero-order valence-corrected chi connectivity index (χ0v) is 18.6. The molecule has 1 amide bonds. The van der Waals surface area contributed by atoms with E-state index in [-0.39, 0.29) is 11.4 Å². The molecule has 1 unspecified atom stereocenters. The number of hydrogen-bond donors (Lipinski definition) is 1. The Morgan fingerprint density at radius 3 is 2.44 bits per heavy atom. The Balaban J connectivity index is 1.51. The van der Waals surface area contributed by atoms with E-state index < -0.39 is 29.3 Å². The Kier molecular flexibility index (Phi) is 5.65. The van der Waals surface area contributed by atoms with Crippen LogP contribution in [0.25, 0.3) is 16.9 Å². The SMILES string of the molecule is N#CC(C(=O)Nc1cccc(C(F)(F)F)c1)C(=O)c1nn(-c2ccccc2)c2c1Cc1ccccc1-2. The molecule has 1 aromatic heterocycles. The fraction of sp³-hybridized carbons (Fsp3) is 0.111. The van der Waals surface area contributed by atoms with E-state index in [9.17, 15) is 28.0 Å². The van der Waals surface area contributed by atoms with Gasteiger partial charge in [0.1, 0.15) is 5.69 Å². The van der Waals surface area contributed by atoms with Crippen molar-refractivity contribution in [3.63, 3.8) is 0 Å². The van der Waals surface area contributed by atoms with Crippen LogP contribution >= 0.6 is 0 Å². The molecule has 0 bridgehead atoms. The third kappa shape index (κ3) is 4.03. The number of amides is 1. The number of para-hydroxylation sites is 1. The van der Waals surface area contributed by atoms with Crippen LogP contribution in [0.2, 0.25) is 0 Å². The summed E-state index contributed by atoms with van der Waals surface area (Å²) >= 11 is 0. The Labute approximate surface area is 203 Å². The first-order valence-corrected chi connectivity index (χ1v) is 11.0. The summed E-state index contributed by atoms with van der Waals surface area (Å²) in [7, 11) is 0. The minimum atomic E-state index is -4.61. The highest BCUT2D eigenvalue weighted by Crippen LogP contribution is 2.40. The number of nitrogens with one attached hydrogen (secondary N) is 1. The third-order valence-corrected chi connectivity index (χ3v) is 5.97. The zero-order valence-electron chi connectivity index (χ0n) is 18.6. The summed E-state index contributed by atoms with van der Waals surface area (Å²) in [6.45, 7) is 0. The van der Waals surface area contributed by atoms with Crippen LogP contribution in [-0.4, -0.2) is 21.5 Å². The first kappa shape index (κ1) is 23.1. The number of Topliss-reactive ketones (excluding diaryl/α,β-unsaturated/α-hetero) is 1. The van der Waals surface area contributed by atoms with E-state index in [0.29, 0.717) is 23.4 Å². The van der Waals surface area contributed by atoms with E-state index >= 15 is 0 Å². The fourth-order valence-electron chi connectivity index (χ4n) is 4.31. The van der Waals surface area contributed by atoms with E-state index in [4.69, 9.17) is 0 Å². The molecule has 1 N–H and O–H groups in total. The molecule has 4 aromatic rings. The smallest absolute Gasteiger partial charge is 0.325 e. The van der Waals surface area contributed by atoms with Crippen molar-refractivity contribution in [1.82, 2.24) is 9.78 Å². The summed E-state index contributed by atoms with van der Waals surface area (Å²) in [4.78, 5) is 26.3. The average molecular weight is 486 g/mol. The van der Waals surface area contributed by atoms with Crippen molar-refractivity contribution < 1.29 is 22.8 Å². The van der Waals surface area contributed by atoms with E-state index in [1.165, 1.54) is 6.07 Å². The second-order valence-electron chi connectivity index (χ2n) is 8.25. The molecule has 0 spiro atoms. The molecule has 0 saturated heterocycles. The van der Waals surface area contributed by atoms with Crippen LogP contribution in [0.1, 0.15) is 27.2 Å². The lowest BCUT2D eigenvalue weighted by Crippen LogP contribution is -2.29. The summed E-state index contributed by atoms with van der Waals surface area (Å²) in [6, 6.07) is 22.4. The highest BCUT2D eigenvalue weighted by atomic mass is 19.4. The van der Waals surface area contributed by atoms with Crippen molar-refractivity contribution in [2.75, 3.05) is 5.32 Å². The van der Waals surface area contributed by atoms with Gasteiger partial charge in [-0.2, -0.15) is 23.5 Å². The predicted molar refractivity (Wildman–Crippen MR) is 125 cm³/mol. The van der Waals surface area contributed by atoms with Gasteiger partial charge >= 0.3 is 6.18 Å². The number of ketones is 1. The normalized spacial score (nSPS) is 12.8. The molecule has 0 fully saturated rings. The van der Waals surface area contributed by atoms with Gasteiger partial charge in [0, 0.05) is 23.2 Å². The molecule has 0 saturated carbocycles. The molecule has 9 heteroatoms. The van der Waals surface area contributed by atoms with Gasteiger partial charge in [-0.3, -0.25) is 9.59 Å². The molecule has 1 aliphatic carbocycles. The van der Waals surface area contributed by atoms with Gasteiger partial charge in [0.2, 0.25) is 11.7 Å². The van der Waals surface area contributed by atoms with Crippen molar-refractivity contribution in [1.29, 1.82) is 5.26 Å². The lowest BCUT2D eigenvalue weighted by atomic mass is 9.98. The molecule has 3 aromatic carbocycles. The number of benzene rings is 3. The van der Waals surface area contributed by atoms with Crippen LogP contribution in [0.15, 0.2) is 78.9 Å². The van der Waals surface area contributed by atoms with Gasteiger partial charge in [-0.15, -0.1) is 0 Å². The average Bonchev–Trinajstić information content (AvgIpc) is 3.42. The molecule has 0 aliphatic heterocycles. The van der Waals surface area contributed by atoms with Crippen molar-refractivity contribution in [2.24, 2.45) is 5.92 Å². The van der Waals surface area contributed by atoms with Gasteiger partial charge in [0.15, 0.2) is 5.92 Å². The minimum absolute atomic E-state index is 0.0178. The van der Waals surface area contributed by atoms with E-state index in [2.05, 4.69) is 10.4 Å². The van der Waals surface area contributed by atoms with Crippen molar-refractivity contribution >= 4 is 17.4 Å². The number of nitrogens with zero attached hydrogens (tertiary/aromatic N) is 3. The number of anilines is 1. The lowest BCUT2D eigenvalue weighted by Gasteiger charge is -2.12. The van der Waals surface area contributed by atoms with E-state index in [1.54, 1.807) is 10.8 Å². The monoisotopic (exact) mass is 486 g/mol. The number of alkyl halides is 3. The van der Waals surface area contributed by atoms with Gasteiger partial charge < -0.3 is 5.32 Å². The Hall–Kier alpha value is -4.71. The molecule has 0 radical (unpaired) electrons. The molecule has 1 atom stereocenters. The molecule has 1 aliphatic rings. The van der Waals surface area contributed by atoms with Crippen LogP contribution in [0, 0.1) is 17.2 Å². The van der Waals surface area contributed by atoms with Gasteiger partial charge in [-0.05, 0) is 35.9 Å². The second-order valence-corrected chi connectivity index (χ2v) is 8.25. The largest absolute Gasteiger partial charge is 0.416 e. The maximum absolute atomic E-state index is 13.5. The summed E-state index contributed by atoms with van der Waals surface area (Å²) in [6.07, 6.45) is -4.21. The highest BCUT2D eigenvalue weighted by Gasteiger charge is 2.37. The summed E-state index contributed by atoms with van der Waals surface area (Å²) < 4.78 is 40.7. The number of carbonyl (C=O) groups excluding carboxylic acids is 2. The quantitative estimate of drug-likeness (QED) is 0.265. The molecule has 178 valence electrons. The van der Waals surface area contributed by atoms with Crippen molar-refractivity contribution in [2.45, 2.75) is 12.6 Å². The number of fused-ring (bicyclic) bond motifs is 3. The Bertz CT molecular complexity index is 1530. The van der Waals surface area contributed by atoms with Gasteiger partial charge in [-0.25, -0.2) is 4.68 Å². The predicted octanol–water partition coefficient (Wildman–Crippen LogP) is 5.42. The van der Waals surface area contributed by atoms with Crippen LogP contribution in [0.4, 0.5) is 18.9 Å². The van der Waals surface area contributed by atoms with Crippen LogP contribution in [-0.2, 0) is 17.4 Å². The topological polar surface area (TPSA) is 87.8 Å². The minimum Gasteiger partial charge on any atom is -0.325 e. The van der Waals surface area contributed by atoms with E-state index in [0.717, 1.165) is 29.3 Å². The molecular formula is C27H17F3N4O2. The van der Waals surface area contributed by atoms with Crippen molar-refractivity contribution in [3.8, 4) is 23.0 Å². The Morgan fingerprint density at radius 2 is 1.72 bits per heavy atom. The number of hydrogen-bond acceptors (Lipinski definition) is 4.